The highest BCUT2D eigenvalue weighted by Crippen LogP contribution is 2.11. The van der Waals surface area contributed by atoms with Gasteiger partial charge in [0.15, 0.2) is 4.96 Å². The third-order valence-electron chi connectivity index (χ3n) is 1.95. The molecule has 0 bridgehead atoms. The van der Waals surface area contributed by atoms with Crippen molar-refractivity contribution in [3.05, 3.63) is 23.5 Å². The normalized spacial score (nSPS) is 10.1. The number of amides is 1. The SMILES string of the molecule is Cl.NCCNC(=O)Cc1cn2ccsc2n1. The Labute approximate surface area is 103 Å². The number of imidazole rings is 1. The summed E-state index contributed by atoms with van der Waals surface area (Å²) in [6.07, 6.45) is 4.11. The number of fused-ring (bicyclic) bond motifs is 1. The molecule has 5 nitrogen and oxygen atoms in total. The molecule has 0 aliphatic rings. The number of halogens is 1. The van der Waals surface area contributed by atoms with Gasteiger partial charge in [-0.05, 0) is 0 Å². The van der Waals surface area contributed by atoms with Gasteiger partial charge in [0.1, 0.15) is 0 Å². The first-order chi connectivity index (χ1) is 7.29. The summed E-state index contributed by atoms with van der Waals surface area (Å²) >= 11 is 1.55. The summed E-state index contributed by atoms with van der Waals surface area (Å²) in [7, 11) is 0. The van der Waals surface area contributed by atoms with E-state index in [0.29, 0.717) is 19.5 Å². The van der Waals surface area contributed by atoms with Gasteiger partial charge < -0.3 is 11.1 Å². The lowest BCUT2D eigenvalue weighted by Gasteiger charge is -2.00. The van der Waals surface area contributed by atoms with E-state index in [1.807, 2.05) is 22.2 Å². The lowest BCUT2D eigenvalue weighted by atomic mass is 10.3. The average Bonchev–Trinajstić information content (AvgIpc) is 2.74. The molecule has 88 valence electrons. The second kappa shape index (κ2) is 5.83. The van der Waals surface area contributed by atoms with Gasteiger partial charge >= 0.3 is 0 Å². The van der Waals surface area contributed by atoms with Crippen molar-refractivity contribution in [2.45, 2.75) is 6.42 Å². The number of hydrogen-bond donors (Lipinski definition) is 2. The topological polar surface area (TPSA) is 72.4 Å². The molecule has 0 aliphatic carbocycles. The van der Waals surface area contributed by atoms with Crippen LogP contribution in [0.4, 0.5) is 0 Å². The molecule has 0 aromatic carbocycles. The number of nitrogens with two attached hydrogens (primary N) is 1. The molecule has 1 amide bonds. The highest BCUT2D eigenvalue weighted by Gasteiger charge is 2.07. The molecule has 0 saturated carbocycles. The number of hydrogen-bond acceptors (Lipinski definition) is 4. The largest absolute Gasteiger partial charge is 0.354 e. The van der Waals surface area contributed by atoms with Gasteiger partial charge in [-0.3, -0.25) is 9.20 Å². The summed E-state index contributed by atoms with van der Waals surface area (Å²) in [5, 5.41) is 4.67. The molecule has 2 aromatic heterocycles. The molecule has 0 radical (unpaired) electrons. The van der Waals surface area contributed by atoms with E-state index in [4.69, 9.17) is 5.73 Å². The Morgan fingerprint density at radius 2 is 2.44 bits per heavy atom. The van der Waals surface area contributed by atoms with E-state index in [2.05, 4.69) is 10.3 Å². The van der Waals surface area contributed by atoms with Crippen molar-refractivity contribution in [1.29, 1.82) is 0 Å². The Hall–Kier alpha value is -1.11. The Morgan fingerprint density at radius 3 is 3.12 bits per heavy atom. The first-order valence-corrected chi connectivity index (χ1v) is 5.55. The van der Waals surface area contributed by atoms with Crippen molar-refractivity contribution >= 4 is 34.6 Å². The number of carbonyl (C=O) groups excluding carboxylic acids is 1. The van der Waals surface area contributed by atoms with E-state index < -0.39 is 0 Å². The van der Waals surface area contributed by atoms with Crippen LogP contribution >= 0.6 is 23.7 Å². The van der Waals surface area contributed by atoms with Gasteiger partial charge in [0.25, 0.3) is 0 Å². The summed E-state index contributed by atoms with van der Waals surface area (Å²) in [6.45, 7) is 0.977. The second-order valence-corrected chi connectivity index (χ2v) is 4.01. The van der Waals surface area contributed by atoms with E-state index in [1.165, 1.54) is 0 Å². The second-order valence-electron chi connectivity index (χ2n) is 3.14. The van der Waals surface area contributed by atoms with Gasteiger partial charge in [-0.15, -0.1) is 23.7 Å². The summed E-state index contributed by atoms with van der Waals surface area (Å²) in [4.78, 5) is 16.6. The van der Waals surface area contributed by atoms with E-state index in [9.17, 15) is 4.79 Å². The van der Waals surface area contributed by atoms with E-state index in [0.717, 1.165) is 10.7 Å². The van der Waals surface area contributed by atoms with Crippen molar-refractivity contribution in [2.24, 2.45) is 5.73 Å². The van der Waals surface area contributed by atoms with Crippen molar-refractivity contribution in [1.82, 2.24) is 14.7 Å². The molecule has 3 N–H and O–H groups in total. The minimum absolute atomic E-state index is 0. The number of rotatable bonds is 4. The van der Waals surface area contributed by atoms with Gasteiger partial charge in [0.05, 0.1) is 12.1 Å². The van der Waals surface area contributed by atoms with Crippen LogP contribution in [0.3, 0.4) is 0 Å². The van der Waals surface area contributed by atoms with Crippen LogP contribution in [0.1, 0.15) is 5.69 Å². The molecule has 0 unspecified atom stereocenters. The molecule has 0 aliphatic heterocycles. The predicted molar refractivity (Wildman–Crippen MR) is 66.1 cm³/mol. The van der Waals surface area contributed by atoms with Gasteiger partial charge in [-0.25, -0.2) is 4.98 Å². The number of aromatic nitrogens is 2. The van der Waals surface area contributed by atoms with Gasteiger partial charge in [-0.1, -0.05) is 0 Å². The highest BCUT2D eigenvalue weighted by molar-refractivity contribution is 7.15. The zero-order valence-corrected chi connectivity index (χ0v) is 10.2. The van der Waals surface area contributed by atoms with Gasteiger partial charge in [-0.2, -0.15) is 0 Å². The maximum atomic E-state index is 11.4. The fourth-order valence-electron chi connectivity index (χ4n) is 1.30. The Balaban J connectivity index is 0.00000128. The summed E-state index contributed by atoms with van der Waals surface area (Å²) in [5.41, 5.74) is 6.07. The number of thiazole rings is 1. The molecular weight excluding hydrogens is 248 g/mol. The fourth-order valence-corrected chi connectivity index (χ4v) is 2.02. The molecule has 2 rings (SSSR count). The van der Waals surface area contributed by atoms with Crippen LogP contribution < -0.4 is 11.1 Å². The Kier molecular flexibility index (Phi) is 4.72. The minimum Gasteiger partial charge on any atom is -0.354 e. The number of carbonyl (C=O) groups is 1. The smallest absolute Gasteiger partial charge is 0.226 e. The van der Waals surface area contributed by atoms with Crippen LogP contribution in [0.15, 0.2) is 17.8 Å². The maximum absolute atomic E-state index is 11.4. The third kappa shape index (κ3) is 2.94. The summed E-state index contributed by atoms with van der Waals surface area (Å²) < 4.78 is 1.91. The first kappa shape index (κ1) is 13.0. The molecule has 7 heteroatoms. The van der Waals surface area contributed by atoms with Crippen LogP contribution in [0, 0.1) is 0 Å². The standard InChI is InChI=1S/C9H12N4OS.ClH/c10-1-2-11-8(14)5-7-6-13-3-4-15-9(13)12-7;/h3-4,6H,1-2,5,10H2,(H,11,14);1H. The quantitative estimate of drug-likeness (QED) is 0.838. The maximum Gasteiger partial charge on any atom is 0.226 e. The Bertz CT molecular complexity index is 438. The minimum atomic E-state index is -0.0359. The predicted octanol–water partition coefficient (Wildman–Crippen LogP) is 0.435. The monoisotopic (exact) mass is 260 g/mol. The van der Waals surface area contributed by atoms with Crippen molar-refractivity contribution in [3.63, 3.8) is 0 Å². The lowest BCUT2D eigenvalue weighted by molar-refractivity contribution is -0.120. The molecule has 2 aromatic rings. The van der Waals surface area contributed by atoms with E-state index in [-0.39, 0.29) is 18.3 Å². The van der Waals surface area contributed by atoms with Crippen LogP contribution in [-0.4, -0.2) is 28.4 Å². The van der Waals surface area contributed by atoms with Crippen molar-refractivity contribution in [2.75, 3.05) is 13.1 Å². The van der Waals surface area contributed by atoms with Crippen molar-refractivity contribution < 1.29 is 4.79 Å². The van der Waals surface area contributed by atoms with Crippen molar-refractivity contribution in [3.8, 4) is 0 Å². The fraction of sp³-hybridized carbons (Fsp3) is 0.333. The zero-order valence-electron chi connectivity index (χ0n) is 8.55. The summed E-state index contributed by atoms with van der Waals surface area (Å²) in [6, 6.07) is 0. The molecule has 2 heterocycles. The first-order valence-electron chi connectivity index (χ1n) is 4.67. The van der Waals surface area contributed by atoms with Gasteiger partial charge in [0, 0.05) is 30.9 Å². The molecule has 0 atom stereocenters. The highest BCUT2D eigenvalue weighted by atomic mass is 35.5. The molecular formula is C9H13ClN4OS. The molecule has 0 spiro atoms. The number of nitrogens with one attached hydrogen (secondary N) is 1. The van der Waals surface area contributed by atoms with E-state index in [1.54, 1.807) is 11.3 Å². The third-order valence-corrected chi connectivity index (χ3v) is 2.72. The number of nitrogens with zero attached hydrogens (tertiary/aromatic N) is 2. The molecule has 0 saturated heterocycles. The van der Waals surface area contributed by atoms with E-state index >= 15 is 0 Å². The van der Waals surface area contributed by atoms with Crippen LogP contribution in [0.25, 0.3) is 4.96 Å². The lowest BCUT2D eigenvalue weighted by Crippen LogP contribution is -2.30. The van der Waals surface area contributed by atoms with Crippen LogP contribution in [0.2, 0.25) is 0 Å². The zero-order chi connectivity index (χ0) is 10.7. The average molecular weight is 261 g/mol. The Morgan fingerprint density at radius 1 is 1.62 bits per heavy atom. The molecule has 16 heavy (non-hydrogen) atoms. The van der Waals surface area contributed by atoms with Crippen LogP contribution in [0.5, 0.6) is 0 Å². The van der Waals surface area contributed by atoms with Gasteiger partial charge in [0.2, 0.25) is 5.91 Å². The van der Waals surface area contributed by atoms with Crippen LogP contribution in [-0.2, 0) is 11.2 Å². The summed E-state index contributed by atoms with van der Waals surface area (Å²) in [5.74, 6) is -0.0359. The molecule has 0 fully saturated rings.